The Labute approximate surface area is 120 Å². The van der Waals surface area contributed by atoms with Crippen LogP contribution in [0.1, 0.15) is 28.8 Å². The van der Waals surface area contributed by atoms with Crippen molar-refractivity contribution in [2.75, 3.05) is 5.73 Å². The van der Waals surface area contributed by atoms with Gasteiger partial charge in [0.15, 0.2) is 0 Å². The van der Waals surface area contributed by atoms with Crippen LogP contribution in [0.4, 0.5) is 5.69 Å². The number of rotatable bonds is 1. The molecule has 1 aromatic carbocycles. The number of imide groups is 2. The average molecular weight is 287 g/mol. The highest BCUT2D eigenvalue weighted by molar-refractivity contribution is 6.14. The van der Waals surface area contributed by atoms with Crippen LogP contribution < -0.4 is 11.1 Å². The van der Waals surface area contributed by atoms with Crippen molar-refractivity contribution >= 4 is 29.3 Å². The maximum absolute atomic E-state index is 12.5. The Morgan fingerprint density at radius 2 is 1.95 bits per heavy atom. The number of nitrogens with one attached hydrogen (secondary N) is 1. The number of amides is 4. The van der Waals surface area contributed by atoms with Gasteiger partial charge in [-0.3, -0.25) is 29.4 Å². The molecule has 4 amide bonds. The molecule has 0 spiro atoms. The van der Waals surface area contributed by atoms with Crippen molar-refractivity contribution in [1.82, 2.24) is 10.2 Å². The number of hydrogen-bond acceptors (Lipinski definition) is 5. The van der Waals surface area contributed by atoms with Crippen LogP contribution in [0.3, 0.4) is 0 Å². The monoisotopic (exact) mass is 287 g/mol. The molecule has 2 heterocycles. The van der Waals surface area contributed by atoms with Gasteiger partial charge in [-0.05, 0) is 24.1 Å². The first kappa shape index (κ1) is 13.3. The summed E-state index contributed by atoms with van der Waals surface area (Å²) < 4.78 is 0. The number of carbonyl (C=O) groups is 4. The minimum atomic E-state index is -0.933. The van der Waals surface area contributed by atoms with E-state index in [1.807, 2.05) is 0 Å². The fraction of sp³-hybridized carbons (Fsp3) is 0.286. The van der Waals surface area contributed by atoms with Gasteiger partial charge in [0.2, 0.25) is 17.7 Å². The highest BCUT2D eigenvalue weighted by Gasteiger charge is 2.41. The zero-order chi connectivity index (χ0) is 15.1. The SMILES string of the molecule is Nc1cccc2c1CC(=O)N(C1CCC(=O)NC1=O)C2=O. The number of nitrogens with two attached hydrogens (primary N) is 1. The van der Waals surface area contributed by atoms with E-state index in [-0.39, 0.29) is 19.3 Å². The second-order valence-electron chi connectivity index (χ2n) is 5.09. The first-order valence-electron chi connectivity index (χ1n) is 6.56. The van der Waals surface area contributed by atoms with E-state index in [1.54, 1.807) is 18.2 Å². The van der Waals surface area contributed by atoms with Crippen molar-refractivity contribution in [3.8, 4) is 0 Å². The summed E-state index contributed by atoms with van der Waals surface area (Å²) in [6.07, 6.45) is 0.239. The lowest BCUT2D eigenvalue weighted by atomic mass is 9.93. The molecule has 3 rings (SSSR count). The van der Waals surface area contributed by atoms with Gasteiger partial charge in [-0.15, -0.1) is 0 Å². The van der Waals surface area contributed by atoms with E-state index in [4.69, 9.17) is 5.73 Å². The molecule has 0 radical (unpaired) electrons. The van der Waals surface area contributed by atoms with Gasteiger partial charge in [0.25, 0.3) is 5.91 Å². The second kappa shape index (κ2) is 4.69. The van der Waals surface area contributed by atoms with Crippen molar-refractivity contribution in [3.05, 3.63) is 29.3 Å². The standard InChI is InChI=1S/C14H13N3O4/c15-9-3-1-2-7-8(9)6-12(19)17(14(7)21)10-4-5-11(18)16-13(10)20/h1-3,10H,4-6,15H2,(H,16,18,20). The van der Waals surface area contributed by atoms with Crippen LogP contribution in [0.2, 0.25) is 0 Å². The van der Waals surface area contributed by atoms with E-state index in [1.165, 1.54) is 0 Å². The van der Waals surface area contributed by atoms with Crippen LogP contribution in [0.5, 0.6) is 0 Å². The minimum Gasteiger partial charge on any atom is -0.398 e. The molecule has 7 heteroatoms. The number of anilines is 1. The molecule has 108 valence electrons. The zero-order valence-electron chi connectivity index (χ0n) is 11.1. The molecule has 2 aliphatic rings. The van der Waals surface area contributed by atoms with Gasteiger partial charge in [-0.25, -0.2) is 0 Å². The fourth-order valence-corrected chi connectivity index (χ4v) is 2.73. The zero-order valence-corrected chi connectivity index (χ0v) is 11.1. The molecule has 21 heavy (non-hydrogen) atoms. The van der Waals surface area contributed by atoms with Gasteiger partial charge < -0.3 is 5.73 Å². The van der Waals surface area contributed by atoms with E-state index in [2.05, 4.69) is 5.32 Å². The molecule has 1 saturated heterocycles. The second-order valence-corrected chi connectivity index (χ2v) is 5.09. The molecular formula is C14H13N3O4. The number of nitrogens with zero attached hydrogens (tertiary/aromatic N) is 1. The van der Waals surface area contributed by atoms with Gasteiger partial charge in [0.1, 0.15) is 6.04 Å². The molecule has 0 saturated carbocycles. The van der Waals surface area contributed by atoms with E-state index >= 15 is 0 Å². The molecular weight excluding hydrogens is 274 g/mol. The van der Waals surface area contributed by atoms with Gasteiger partial charge in [-0.2, -0.15) is 0 Å². The highest BCUT2D eigenvalue weighted by atomic mass is 16.2. The molecule has 0 bridgehead atoms. The van der Waals surface area contributed by atoms with Crippen LogP contribution in [0.15, 0.2) is 18.2 Å². The predicted molar refractivity (Wildman–Crippen MR) is 71.9 cm³/mol. The lowest BCUT2D eigenvalue weighted by Gasteiger charge is -2.34. The van der Waals surface area contributed by atoms with Crippen molar-refractivity contribution in [1.29, 1.82) is 0 Å². The molecule has 7 nitrogen and oxygen atoms in total. The number of hydrogen-bond donors (Lipinski definition) is 2. The van der Waals surface area contributed by atoms with Gasteiger partial charge >= 0.3 is 0 Å². The molecule has 0 aromatic heterocycles. The molecule has 0 aliphatic carbocycles. The summed E-state index contributed by atoms with van der Waals surface area (Å²) in [5, 5.41) is 2.15. The van der Waals surface area contributed by atoms with Crippen molar-refractivity contribution < 1.29 is 19.2 Å². The van der Waals surface area contributed by atoms with E-state index in [0.29, 0.717) is 16.8 Å². The third-order valence-corrected chi connectivity index (χ3v) is 3.78. The van der Waals surface area contributed by atoms with Crippen LogP contribution in [0.25, 0.3) is 0 Å². The van der Waals surface area contributed by atoms with Crippen molar-refractivity contribution in [2.45, 2.75) is 25.3 Å². The van der Waals surface area contributed by atoms with Gasteiger partial charge in [-0.1, -0.05) is 6.07 Å². The predicted octanol–water partition coefficient (Wildman–Crippen LogP) is -0.401. The Morgan fingerprint density at radius 3 is 2.67 bits per heavy atom. The number of nitrogen functional groups attached to an aromatic ring is 1. The molecule has 1 fully saturated rings. The van der Waals surface area contributed by atoms with E-state index < -0.39 is 29.7 Å². The minimum absolute atomic E-state index is 0.0223. The van der Waals surface area contributed by atoms with E-state index in [9.17, 15) is 19.2 Å². The van der Waals surface area contributed by atoms with Crippen LogP contribution in [-0.2, 0) is 20.8 Å². The summed E-state index contributed by atoms with van der Waals surface area (Å²) in [5.41, 5.74) is 7.00. The van der Waals surface area contributed by atoms with Gasteiger partial charge in [0.05, 0.1) is 6.42 Å². The summed E-state index contributed by atoms with van der Waals surface area (Å²) in [5.74, 6) is -2.01. The summed E-state index contributed by atoms with van der Waals surface area (Å²) >= 11 is 0. The van der Waals surface area contributed by atoms with Crippen LogP contribution in [0, 0.1) is 0 Å². The summed E-state index contributed by atoms with van der Waals surface area (Å²) in [4.78, 5) is 48.7. The maximum atomic E-state index is 12.5. The number of fused-ring (bicyclic) bond motifs is 1. The molecule has 3 N–H and O–H groups in total. The number of carbonyl (C=O) groups excluding carboxylic acids is 4. The fourth-order valence-electron chi connectivity index (χ4n) is 2.73. The summed E-state index contributed by atoms with van der Waals surface area (Å²) in [7, 11) is 0. The number of benzene rings is 1. The van der Waals surface area contributed by atoms with Gasteiger partial charge in [0, 0.05) is 17.7 Å². The topological polar surface area (TPSA) is 110 Å². The summed E-state index contributed by atoms with van der Waals surface area (Å²) in [6, 6.07) is 3.91. The highest BCUT2D eigenvalue weighted by Crippen LogP contribution is 2.27. The quantitative estimate of drug-likeness (QED) is 0.539. The Balaban J connectivity index is 1.98. The van der Waals surface area contributed by atoms with Crippen LogP contribution in [-0.4, -0.2) is 34.6 Å². The Kier molecular flexibility index (Phi) is 2.97. The third kappa shape index (κ3) is 2.06. The van der Waals surface area contributed by atoms with Crippen molar-refractivity contribution in [3.63, 3.8) is 0 Å². The number of piperidine rings is 1. The Hall–Kier alpha value is -2.70. The first-order chi connectivity index (χ1) is 9.99. The summed E-state index contributed by atoms with van der Waals surface area (Å²) in [6.45, 7) is 0. The maximum Gasteiger partial charge on any atom is 0.261 e. The lowest BCUT2D eigenvalue weighted by molar-refractivity contribution is -0.143. The molecule has 1 atom stereocenters. The lowest BCUT2D eigenvalue weighted by Crippen LogP contribution is -2.58. The third-order valence-electron chi connectivity index (χ3n) is 3.78. The Morgan fingerprint density at radius 1 is 1.19 bits per heavy atom. The van der Waals surface area contributed by atoms with Crippen molar-refractivity contribution in [2.24, 2.45) is 0 Å². The normalized spacial score (nSPS) is 22.1. The Bertz CT molecular complexity index is 683. The molecule has 1 aromatic rings. The molecule has 2 aliphatic heterocycles. The molecule has 1 unspecified atom stereocenters. The first-order valence-corrected chi connectivity index (χ1v) is 6.56. The largest absolute Gasteiger partial charge is 0.398 e. The van der Waals surface area contributed by atoms with Crippen LogP contribution >= 0.6 is 0 Å². The average Bonchev–Trinajstić information content (AvgIpc) is 2.42. The smallest absolute Gasteiger partial charge is 0.261 e. The van der Waals surface area contributed by atoms with E-state index in [0.717, 1.165) is 4.90 Å².